The minimum Gasteiger partial charge on any atom is -0.368 e. The van der Waals surface area contributed by atoms with Crippen molar-refractivity contribution in [1.29, 1.82) is 0 Å². The van der Waals surface area contributed by atoms with Crippen molar-refractivity contribution in [2.75, 3.05) is 29.6 Å². The van der Waals surface area contributed by atoms with Gasteiger partial charge in [-0.25, -0.2) is 4.98 Å². The number of aromatic nitrogens is 2. The molecule has 4 rings (SSSR count). The molecule has 0 radical (unpaired) electrons. The van der Waals surface area contributed by atoms with E-state index in [2.05, 4.69) is 26.4 Å². The molecule has 2 fully saturated rings. The molecule has 4 N–H and O–H groups in total. The zero-order valence-electron chi connectivity index (χ0n) is 14.5. The van der Waals surface area contributed by atoms with Crippen molar-refractivity contribution in [3.8, 4) is 0 Å². The lowest BCUT2D eigenvalue weighted by atomic mass is 10.1. The van der Waals surface area contributed by atoms with Crippen LogP contribution >= 0.6 is 11.8 Å². The Morgan fingerprint density at radius 2 is 2.32 bits per heavy atom. The van der Waals surface area contributed by atoms with Crippen molar-refractivity contribution in [3.63, 3.8) is 0 Å². The third kappa shape index (κ3) is 3.48. The number of carbonyl (C=O) groups is 1. The highest BCUT2D eigenvalue weighted by Gasteiger charge is 2.27. The van der Waals surface area contributed by atoms with E-state index < -0.39 is 0 Å². The zero-order chi connectivity index (χ0) is 17.4. The molecule has 2 aromatic heterocycles. The normalized spacial score (nSPS) is 20.9. The van der Waals surface area contributed by atoms with Crippen LogP contribution < -0.4 is 16.0 Å². The average molecular weight is 359 g/mol. The number of amides is 1. The first-order valence-electron chi connectivity index (χ1n) is 9.00. The average Bonchev–Trinajstić information content (AvgIpc) is 3.33. The maximum absolute atomic E-state index is 12.3. The van der Waals surface area contributed by atoms with E-state index in [0.29, 0.717) is 12.3 Å². The van der Waals surface area contributed by atoms with Gasteiger partial charge in [0.15, 0.2) is 0 Å². The van der Waals surface area contributed by atoms with Crippen LogP contribution in [0.4, 0.5) is 11.4 Å². The zero-order valence-corrected chi connectivity index (χ0v) is 15.4. The largest absolute Gasteiger partial charge is 0.368 e. The van der Waals surface area contributed by atoms with Crippen molar-refractivity contribution in [2.45, 2.75) is 43.0 Å². The van der Waals surface area contributed by atoms with E-state index >= 15 is 0 Å². The van der Waals surface area contributed by atoms with Gasteiger partial charge >= 0.3 is 0 Å². The summed E-state index contributed by atoms with van der Waals surface area (Å²) < 4.78 is 0. The van der Waals surface area contributed by atoms with Crippen molar-refractivity contribution in [3.05, 3.63) is 12.4 Å². The summed E-state index contributed by atoms with van der Waals surface area (Å²) in [4.78, 5) is 23.5. The van der Waals surface area contributed by atoms with E-state index in [0.717, 1.165) is 53.2 Å². The monoisotopic (exact) mass is 359 g/mol. The quantitative estimate of drug-likeness (QED) is 0.715. The van der Waals surface area contributed by atoms with Crippen LogP contribution in [-0.4, -0.2) is 41.3 Å². The van der Waals surface area contributed by atoms with Gasteiger partial charge in [0.1, 0.15) is 5.65 Å². The van der Waals surface area contributed by atoms with Gasteiger partial charge < -0.3 is 20.9 Å². The summed E-state index contributed by atoms with van der Waals surface area (Å²) >= 11 is 1.69. The first kappa shape index (κ1) is 16.7. The number of hydrogen-bond acceptors (Lipinski definition) is 5. The molecule has 2 aliphatic rings. The van der Waals surface area contributed by atoms with Crippen LogP contribution in [0.3, 0.4) is 0 Å². The van der Waals surface area contributed by atoms with Crippen LogP contribution in [0.2, 0.25) is 0 Å². The van der Waals surface area contributed by atoms with Gasteiger partial charge in [-0.1, -0.05) is 0 Å². The van der Waals surface area contributed by atoms with Crippen LogP contribution in [0.15, 0.2) is 17.3 Å². The van der Waals surface area contributed by atoms with E-state index in [9.17, 15) is 4.79 Å². The van der Waals surface area contributed by atoms with Crippen LogP contribution in [0.5, 0.6) is 0 Å². The number of nitrogens with two attached hydrogens (primary N) is 1. The number of rotatable bonds is 5. The first-order valence-corrected chi connectivity index (χ1v) is 10.2. The summed E-state index contributed by atoms with van der Waals surface area (Å²) in [6, 6.07) is 0.193. The molecule has 1 aliphatic carbocycles. The lowest BCUT2D eigenvalue weighted by Crippen LogP contribution is -2.43. The van der Waals surface area contributed by atoms with E-state index in [1.54, 1.807) is 11.8 Å². The lowest BCUT2D eigenvalue weighted by Gasteiger charge is -2.34. The molecule has 1 amide bonds. The maximum atomic E-state index is 12.3. The Bertz CT molecular complexity index is 785. The topological polar surface area (TPSA) is 87.0 Å². The van der Waals surface area contributed by atoms with Crippen LogP contribution in [0.1, 0.15) is 32.1 Å². The van der Waals surface area contributed by atoms with Crippen LogP contribution in [0, 0.1) is 5.92 Å². The van der Waals surface area contributed by atoms with Gasteiger partial charge in [0.25, 0.3) is 0 Å². The Morgan fingerprint density at radius 3 is 3.04 bits per heavy atom. The van der Waals surface area contributed by atoms with Crippen molar-refractivity contribution in [1.82, 2.24) is 9.97 Å². The number of thioether (sulfide) groups is 1. The summed E-state index contributed by atoms with van der Waals surface area (Å²) in [5, 5.41) is 4.11. The Morgan fingerprint density at radius 1 is 1.48 bits per heavy atom. The number of aromatic amines is 1. The molecule has 6 nitrogen and oxygen atoms in total. The number of nitrogens with one attached hydrogen (secondary N) is 2. The number of piperidine rings is 1. The Hall–Kier alpha value is -1.73. The SMILES string of the molecule is CSc1cnc2[nH]cc(NC(=O)CC3CC3)c2c1N1CCC[C@@H](N)C1. The molecular weight excluding hydrogens is 334 g/mol. The standard InChI is InChI=1S/C18H25N5OS/c1-25-14-9-21-18-16(17(14)23-6-2-3-12(19)10-23)13(8-20-18)22-15(24)7-11-4-5-11/h8-9,11-12H,2-7,10,19H2,1H3,(H,20,21)(H,22,24)/t12-/m1/s1. The highest BCUT2D eigenvalue weighted by molar-refractivity contribution is 7.98. The fourth-order valence-electron chi connectivity index (χ4n) is 3.62. The third-order valence-corrected chi connectivity index (χ3v) is 5.82. The van der Waals surface area contributed by atoms with Crippen molar-refractivity contribution >= 4 is 40.1 Å². The van der Waals surface area contributed by atoms with Gasteiger partial charge in [0, 0.05) is 42.8 Å². The predicted octanol–water partition coefficient (Wildman–Crippen LogP) is 2.95. The van der Waals surface area contributed by atoms with Gasteiger partial charge in [-0.3, -0.25) is 4.79 Å². The summed E-state index contributed by atoms with van der Waals surface area (Å²) in [6.45, 7) is 1.83. The third-order valence-electron chi connectivity index (χ3n) is 5.08. The second-order valence-electron chi connectivity index (χ2n) is 7.15. The smallest absolute Gasteiger partial charge is 0.224 e. The molecule has 3 heterocycles. The summed E-state index contributed by atoms with van der Waals surface area (Å²) in [5.74, 6) is 0.670. The number of pyridine rings is 1. The van der Waals surface area contributed by atoms with E-state index in [1.807, 2.05) is 12.4 Å². The second-order valence-corrected chi connectivity index (χ2v) is 7.99. The maximum Gasteiger partial charge on any atom is 0.224 e. The molecule has 1 atom stereocenters. The molecule has 0 aromatic carbocycles. The summed E-state index contributed by atoms with van der Waals surface area (Å²) in [6.07, 6.45) is 11.0. The Kier molecular flexibility index (Phi) is 4.60. The van der Waals surface area contributed by atoms with E-state index in [-0.39, 0.29) is 11.9 Å². The highest BCUT2D eigenvalue weighted by atomic mass is 32.2. The van der Waals surface area contributed by atoms with Gasteiger partial charge in [0.2, 0.25) is 5.91 Å². The Balaban J connectivity index is 1.72. The molecule has 1 aliphatic heterocycles. The molecule has 0 bridgehead atoms. The molecule has 0 spiro atoms. The molecule has 0 unspecified atom stereocenters. The molecule has 134 valence electrons. The Labute approximate surface area is 151 Å². The molecule has 2 aromatic rings. The number of anilines is 2. The second kappa shape index (κ2) is 6.88. The van der Waals surface area contributed by atoms with Gasteiger partial charge in [-0.2, -0.15) is 0 Å². The summed E-state index contributed by atoms with van der Waals surface area (Å²) in [7, 11) is 0. The minimum atomic E-state index is 0.0965. The van der Waals surface area contributed by atoms with E-state index in [1.165, 1.54) is 12.8 Å². The molecule has 25 heavy (non-hydrogen) atoms. The van der Waals surface area contributed by atoms with E-state index in [4.69, 9.17) is 5.73 Å². The fourth-order valence-corrected chi connectivity index (χ4v) is 4.20. The summed E-state index contributed by atoms with van der Waals surface area (Å²) in [5.41, 5.74) is 9.01. The van der Waals surface area contributed by atoms with Crippen LogP contribution in [0.25, 0.3) is 11.0 Å². The number of nitrogens with zero attached hydrogens (tertiary/aromatic N) is 2. The van der Waals surface area contributed by atoms with Gasteiger partial charge in [-0.05, 0) is 37.9 Å². The number of hydrogen-bond donors (Lipinski definition) is 3. The fraction of sp³-hybridized carbons (Fsp3) is 0.556. The highest BCUT2D eigenvalue weighted by Crippen LogP contribution is 2.40. The molecule has 1 saturated carbocycles. The van der Waals surface area contributed by atoms with Crippen molar-refractivity contribution in [2.24, 2.45) is 11.7 Å². The lowest BCUT2D eigenvalue weighted by molar-refractivity contribution is -0.116. The number of H-pyrrole nitrogens is 1. The first-order chi connectivity index (χ1) is 12.2. The van der Waals surface area contributed by atoms with Gasteiger partial charge in [0.05, 0.1) is 16.8 Å². The van der Waals surface area contributed by atoms with Crippen LogP contribution in [-0.2, 0) is 4.79 Å². The number of fused-ring (bicyclic) bond motifs is 1. The molecular formula is C18H25N5OS. The molecule has 7 heteroatoms. The van der Waals surface area contributed by atoms with Gasteiger partial charge in [-0.15, -0.1) is 11.8 Å². The predicted molar refractivity (Wildman–Crippen MR) is 103 cm³/mol. The molecule has 1 saturated heterocycles. The minimum absolute atomic E-state index is 0.0965. The van der Waals surface area contributed by atoms with Crippen molar-refractivity contribution < 1.29 is 4.79 Å². The number of carbonyl (C=O) groups excluding carboxylic acids is 1.